The maximum Gasteiger partial charge on any atom is 0.234 e. The van der Waals surface area contributed by atoms with Crippen molar-refractivity contribution in [3.63, 3.8) is 0 Å². The van der Waals surface area contributed by atoms with Crippen LogP contribution in [0, 0.1) is 12.8 Å². The number of nitrogens with zero attached hydrogens (tertiary/aromatic N) is 1. The maximum absolute atomic E-state index is 13.0. The van der Waals surface area contributed by atoms with Gasteiger partial charge in [-0.05, 0) is 43.5 Å². The molecular formula is C20H23NO. The molecule has 2 nitrogen and oxygen atoms in total. The maximum atomic E-state index is 13.0. The standard InChI is InChI=1S/C20H23NO/c1-3-4-7-17-14-16-8-5-6-9-19(16)21(20(17)22)18-12-10-15(2)11-13-18/h5-6,8-13,17H,3-4,7,14H2,1-2H3. The molecule has 0 saturated heterocycles. The molecule has 1 atom stereocenters. The molecule has 114 valence electrons. The van der Waals surface area contributed by atoms with Gasteiger partial charge in [-0.2, -0.15) is 0 Å². The van der Waals surface area contributed by atoms with Gasteiger partial charge in [0.25, 0.3) is 0 Å². The highest BCUT2D eigenvalue weighted by Crippen LogP contribution is 2.37. The number of rotatable bonds is 4. The summed E-state index contributed by atoms with van der Waals surface area (Å²) in [6.07, 6.45) is 4.10. The minimum atomic E-state index is 0.108. The Kier molecular flexibility index (Phi) is 4.28. The number of amides is 1. The SMILES string of the molecule is CCCCC1Cc2ccccc2N(c2ccc(C)cc2)C1=O. The number of hydrogen-bond donors (Lipinski definition) is 0. The van der Waals surface area contributed by atoms with Crippen LogP contribution in [0.25, 0.3) is 0 Å². The highest BCUT2D eigenvalue weighted by molar-refractivity contribution is 6.04. The van der Waals surface area contributed by atoms with Crippen molar-refractivity contribution >= 4 is 17.3 Å². The lowest BCUT2D eigenvalue weighted by molar-refractivity contribution is -0.122. The van der Waals surface area contributed by atoms with Gasteiger partial charge in [0.15, 0.2) is 0 Å². The molecule has 22 heavy (non-hydrogen) atoms. The lowest BCUT2D eigenvalue weighted by Gasteiger charge is -2.34. The van der Waals surface area contributed by atoms with E-state index in [2.05, 4.69) is 44.2 Å². The van der Waals surface area contributed by atoms with Crippen LogP contribution < -0.4 is 4.90 Å². The molecule has 2 heteroatoms. The van der Waals surface area contributed by atoms with Crippen molar-refractivity contribution in [2.45, 2.75) is 39.5 Å². The number of hydrogen-bond acceptors (Lipinski definition) is 1. The van der Waals surface area contributed by atoms with Gasteiger partial charge in [-0.25, -0.2) is 0 Å². The molecule has 1 aliphatic rings. The first kappa shape index (κ1) is 14.8. The van der Waals surface area contributed by atoms with Gasteiger partial charge in [0.05, 0.1) is 5.69 Å². The normalized spacial score (nSPS) is 17.5. The van der Waals surface area contributed by atoms with Crippen LogP contribution in [0.1, 0.15) is 37.3 Å². The van der Waals surface area contributed by atoms with Crippen LogP contribution in [0.4, 0.5) is 11.4 Å². The summed E-state index contributed by atoms with van der Waals surface area (Å²) < 4.78 is 0. The Bertz CT molecular complexity index is 660. The van der Waals surface area contributed by atoms with Gasteiger partial charge in [0.1, 0.15) is 0 Å². The molecule has 0 radical (unpaired) electrons. The second-order valence-corrected chi connectivity index (χ2v) is 6.18. The summed E-state index contributed by atoms with van der Waals surface area (Å²) in [6.45, 7) is 4.25. The number of carbonyl (C=O) groups is 1. The molecule has 0 aliphatic carbocycles. The highest BCUT2D eigenvalue weighted by atomic mass is 16.2. The third-order valence-electron chi connectivity index (χ3n) is 4.47. The largest absolute Gasteiger partial charge is 0.281 e. The molecule has 1 amide bonds. The van der Waals surface area contributed by atoms with E-state index in [0.29, 0.717) is 0 Å². The first-order valence-electron chi connectivity index (χ1n) is 8.19. The topological polar surface area (TPSA) is 20.3 Å². The summed E-state index contributed by atoms with van der Waals surface area (Å²) in [5, 5.41) is 0. The average Bonchev–Trinajstić information content (AvgIpc) is 2.54. The van der Waals surface area contributed by atoms with E-state index in [1.165, 1.54) is 11.1 Å². The van der Waals surface area contributed by atoms with Gasteiger partial charge < -0.3 is 0 Å². The van der Waals surface area contributed by atoms with E-state index < -0.39 is 0 Å². The Labute approximate surface area is 132 Å². The minimum Gasteiger partial charge on any atom is -0.281 e. The van der Waals surface area contributed by atoms with Crippen molar-refractivity contribution in [3.05, 3.63) is 59.7 Å². The first-order chi connectivity index (χ1) is 10.7. The molecule has 0 bridgehead atoms. The van der Waals surface area contributed by atoms with E-state index in [4.69, 9.17) is 0 Å². The molecule has 2 aromatic carbocycles. The van der Waals surface area contributed by atoms with E-state index in [1.807, 2.05) is 23.1 Å². The number of anilines is 2. The van der Waals surface area contributed by atoms with Gasteiger partial charge in [-0.15, -0.1) is 0 Å². The van der Waals surface area contributed by atoms with Crippen LogP contribution >= 0.6 is 0 Å². The Balaban J connectivity index is 2.01. The first-order valence-corrected chi connectivity index (χ1v) is 8.19. The Hall–Kier alpha value is -2.09. The molecular weight excluding hydrogens is 270 g/mol. The smallest absolute Gasteiger partial charge is 0.234 e. The summed E-state index contributed by atoms with van der Waals surface area (Å²) in [7, 11) is 0. The summed E-state index contributed by atoms with van der Waals surface area (Å²) >= 11 is 0. The quantitative estimate of drug-likeness (QED) is 0.775. The minimum absolute atomic E-state index is 0.108. The van der Waals surface area contributed by atoms with E-state index in [0.717, 1.165) is 37.1 Å². The molecule has 0 aromatic heterocycles. The van der Waals surface area contributed by atoms with E-state index in [-0.39, 0.29) is 11.8 Å². The van der Waals surface area contributed by atoms with Gasteiger partial charge in [-0.1, -0.05) is 55.7 Å². The molecule has 1 aliphatic heterocycles. The molecule has 0 N–H and O–H groups in total. The molecule has 1 unspecified atom stereocenters. The number of unbranched alkanes of at least 4 members (excludes halogenated alkanes) is 1. The summed E-state index contributed by atoms with van der Waals surface area (Å²) in [4.78, 5) is 14.9. The number of carbonyl (C=O) groups excluding carboxylic acids is 1. The zero-order valence-corrected chi connectivity index (χ0v) is 13.4. The fourth-order valence-electron chi connectivity index (χ4n) is 3.19. The second kappa shape index (κ2) is 6.35. The summed E-state index contributed by atoms with van der Waals surface area (Å²) in [6, 6.07) is 16.5. The van der Waals surface area contributed by atoms with Crippen LogP contribution in [0.2, 0.25) is 0 Å². The van der Waals surface area contributed by atoms with Gasteiger partial charge in [0.2, 0.25) is 5.91 Å². The molecule has 2 aromatic rings. The molecule has 0 spiro atoms. The monoisotopic (exact) mass is 293 g/mol. The number of aryl methyl sites for hydroxylation is 1. The lowest BCUT2D eigenvalue weighted by Crippen LogP contribution is -2.38. The highest BCUT2D eigenvalue weighted by Gasteiger charge is 2.32. The summed E-state index contributed by atoms with van der Waals surface area (Å²) in [5.74, 6) is 0.354. The van der Waals surface area contributed by atoms with Crippen LogP contribution in [0.5, 0.6) is 0 Å². The number of para-hydroxylation sites is 1. The van der Waals surface area contributed by atoms with Crippen LogP contribution in [-0.2, 0) is 11.2 Å². The van der Waals surface area contributed by atoms with Crippen LogP contribution in [-0.4, -0.2) is 5.91 Å². The lowest BCUT2D eigenvalue weighted by atomic mass is 9.87. The van der Waals surface area contributed by atoms with Crippen LogP contribution in [0.15, 0.2) is 48.5 Å². The zero-order chi connectivity index (χ0) is 15.5. The van der Waals surface area contributed by atoms with Gasteiger partial charge >= 0.3 is 0 Å². The number of benzene rings is 2. The Morgan fingerprint density at radius 1 is 1.09 bits per heavy atom. The fraction of sp³-hybridized carbons (Fsp3) is 0.350. The summed E-state index contributed by atoms with van der Waals surface area (Å²) in [5.41, 5.74) is 4.51. The predicted octanol–water partition coefficient (Wildman–Crippen LogP) is 5.02. The Morgan fingerprint density at radius 2 is 1.82 bits per heavy atom. The van der Waals surface area contributed by atoms with Gasteiger partial charge in [0, 0.05) is 11.6 Å². The van der Waals surface area contributed by atoms with E-state index >= 15 is 0 Å². The van der Waals surface area contributed by atoms with Crippen molar-refractivity contribution in [2.75, 3.05) is 4.90 Å². The molecule has 3 rings (SSSR count). The van der Waals surface area contributed by atoms with Gasteiger partial charge in [-0.3, -0.25) is 9.69 Å². The van der Waals surface area contributed by atoms with Crippen molar-refractivity contribution in [1.29, 1.82) is 0 Å². The number of fused-ring (bicyclic) bond motifs is 1. The van der Waals surface area contributed by atoms with E-state index in [1.54, 1.807) is 0 Å². The van der Waals surface area contributed by atoms with E-state index in [9.17, 15) is 4.79 Å². The second-order valence-electron chi connectivity index (χ2n) is 6.18. The fourth-order valence-corrected chi connectivity index (χ4v) is 3.19. The van der Waals surface area contributed by atoms with Crippen molar-refractivity contribution in [3.8, 4) is 0 Å². The van der Waals surface area contributed by atoms with Crippen molar-refractivity contribution < 1.29 is 4.79 Å². The molecule has 1 heterocycles. The van der Waals surface area contributed by atoms with Crippen molar-refractivity contribution in [2.24, 2.45) is 5.92 Å². The molecule has 0 fully saturated rings. The third kappa shape index (κ3) is 2.78. The third-order valence-corrected chi connectivity index (χ3v) is 4.47. The zero-order valence-electron chi connectivity index (χ0n) is 13.4. The van der Waals surface area contributed by atoms with Crippen LogP contribution in [0.3, 0.4) is 0 Å². The predicted molar refractivity (Wildman–Crippen MR) is 91.5 cm³/mol. The molecule has 0 saturated carbocycles. The average molecular weight is 293 g/mol. The van der Waals surface area contributed by atoms with Crippen molar-refractivity contribution in [1.82, 2.24) is 0 Å². The Morgan fingerprint density at radius 3 is 2.55 bits per heavy atom.